The van der Waals surface area contributed by atoms with Crippen LogP contribution in [0.25, 0.3) is 0 Å². The van der Waals surface area contributed by atoms with E-state index in [-0.39, 0.29) is 5.91 Å². The Morgan fingerprint density at radius 1 is 1.42 bits per heavy atom. The second-order valence-corrected chi connectivity index (χ2v) is 5.45. The van der Waals surface area contributed by atoms with Gasteiger partial charge in [-0.05, 0) is 45.8 Å². The Morgan fingerprint density at radius 2 is 2.26 bits per heavy atom. The van der Waals surface area contributed by atoms with Gasteiger partial charge >= 0.3 is 0 Å². The first-order valence-corrected chi connectivity index (χ1v) is 6.82. The van der Waals surface area contributed by atoms with Crippen LogP contribution in [0.4, 0.5) is 5.69 Å². The number of hydrogen-bond donors (Lipinski definition) is 1. The molecular weight excluding hydrogens is 308 g/mol. The first-order chi connectivity index (χ1) is 9.13. The Bertz CT molecular complexity index is 649. The minimum absolute atomic E-state index is 0.118. The third-order valence-electron chi connectivity index (χ3n) is 3.15. The van der Waals surface area contributed by atoms with Crippen LogP contribution in [-0.2, 0) is 13.5 Å². The van der Waals surface area contributed by atoms with Crippen LogP contribution in [0.1, 0.15) is 16.1 Å². The minimum Gasteiger partial charge on any atom is -0.493 e. The van der Waals surface area contributed by atoms with Gasteiger partial charge in [-0.2, -0.15) is 0 Å². The van der Waals surface area contributed by atoms with Crippen molar-refractivity contribution in [3.05, 3.63) is 46.2 Å². The summed E-state index contributed by atoms with van der Waals surface area (Å²) in [5, 5.41) is 2.91. The van der Waals surface area contributed by atoms with Crippen molar-refractivity contribution in [1.82, 2.24) is 4.57 Å². The van der Waals surface area contributed by atoms with Crippen LogP contribution in [0.3, 0.4) is 0 Å². The lowest BCUT2D eigenvalue weighted by molar-refractivity contribution is 0.101. The fraction of sp³-hybridized carbons (Fsp3) is 0.214. The highest BCUT2D eigenvalue weighted by Crippen LogP contribution is 2.28. The molecule has 0 radical (unpaired) electrons. The van der Waals surface area contributed by atoms with Crippen molar-refractivity contribution in [3.63, 3.8) is 0 Å². The van der Waals surface area contributed by atoms with E-state index in [2.05, 4.69) is 21.2 Å². The zero-order chi connectivity index (χ0) is 13.4. The summed E-state index contributed by atoms with van der Waals surface area (Å²) >= 11 is 3.36. The number of hydrogen-bond acceptors (Lipinski definition) is 2. The third-order valence-corrected chi connectivity index (χ3v) is 3.59. The molecule has 1 amide bonds. The molecule has 19 heavy (non-hydrogen) atoms. The molecule has 0 saturated carbocycles. The number of nitrogens with zero attached hydrogens (tertiary/aromatic N) is 1. The summed E-state index contributed by atoms with van der Waals surface area (Å²) in [6.45, 7) is 0.720. The molecule has 0 aliphatic carbocycles. The first kappa shape index (κ1) is 12.3. The van der Waals surface area contributed by atoms with Gasteiger partial charge in [0.2, 0.25) is 0 Å². The molecule has 0 atom stereocenters. The van der Waals surface area contributed by atoms with Gasteiger partial charge < -0.3 is 14.6 Å². The second kappa shape index (κ2) is 4.74. The third kappa shape index (κ3) is 2.38. The van der Waals surface area contributed by atoms with Crippen LogP contribution < -0.4 is 10.1 Å². The lowest BCUT2D eigenvalue weighted by Crippen LogP contribution is -2.15. The molecule has 0 spiro atoms. The molecule has 2 heterocycles. The number of ether oxygens (including phenoxy) is 1. The van der Waals surface area contributed by atoms with Gasteiger partial charge in [0.05, 0.1) is 6.61 Å². The fourth-order valence-electron chi connectivity index (χ4n) is 2.21. The van der Waals surface area contributed by atoms with E-state index in [1.807, 2.05) is 31.4 Å². The predicted molar refractivity (Wildman–Crippen MR) is 76.7 cm³/mol. The molecule has 1 aliphatic heterocycles. The largest absolute Gasteiger partial charge is 0.493 e. The molecule has 1 aromatic heterocycles. The average molecular weight is 321 g/mol. The number of carbonyl (C=O) groups is 1. The lowest BCUT2D eigenvalue weighted by atomic mass is 10.1. The summed E-state index contributed by atoms with van der Waals surface area (Å²) in [5.41, 5.74) is 2.56. The van der Waals surface area contributed by atoms with Crippen LogP contribution >= 0.6 is 15.9 Å². The number of halogens is 1. The van der Waals surface area contributed by atoms with Gasteiger partial charge in [-0.1, -0.05) is 0 Å². The Labute approximate surface area is 119 Å². The van der Waals surface area contributed by atoms with E-state index in [4.69, 9.17) is 4.74 Å². The van der Waals surface area contributed by atoms with E-state index < -0.39 is 0 Å². The van der Waals surface area contributed by atoms with E-state index in [9.17, 15) is 4.79 Å². The van der Waals surface area contributed by atoms with Gasteiger partial charge in [-0.25, -0.2) is 0 Å². The topological polar surface area (TPSA) is 43.3 Å². The summed E-state index contributed by atoms with van der Waals surface area (Å²) in [6, 6.07) is 7.53. The van der Waals surface area contributed by atoms with Crippen molar-refractivity contribution < 1.29 is 9.53 Å². The zero-order valence-electron chi connectivity index (χ0n) is 10.4. The van der Waals surface area contributed by atoms with E-state index in [0.717, 1.165) is 34.5 Å². The number of amides is 1. The Kier molecular flexibility index (Phi) is 3.06. The first-order valence-electron chi connectivity index (χ1n) is 6.02. The molecule has 2 aromatic rings. The molecule has 0 saturated heterocycles. The quantitative estimate of drug-likeness (QED) is 0.924. The van der Waals surface area contributed by atoms with Crippen LogP contribution in [0.5, 0.6) is 5.75 Å². The fourth-order valence-corrected chi connectivity index (χ4v) is 2.73. The number of anilines is 1. The second-order valence-electron chi connectivity index (χ2n) is 4.53. The maximum absolute atomic E-state index is 12.2. The Morgan fingerprint density at radius 3 is 3.00 bits per heavy atom. The number of rotatable bonds is 2. The molecule has 3 rings (SSSR count). The molecular formula is C14H13BrN2O2. The van der Waals surface area contributed by atoms with Crippen LogP contribution in [-0.4, -0.2) is 17.1 Å². The summed E-state index contributed by atoms with van der Waals surface area (Å²) in [4.78, 5) is 12.2. The molecule has 5 heteroatoms. The summed E-state index contributed by atoms with van der Waals surface area (Å²) < 4.78 is 8.12. The summed E-state index contributed by atoms with van der Waals surface area (Å²) in [6.07, 6.45) is 2.75. The molecule has 0 bridgehead atoms. The molecule has 1 N–H and O–H groups in total. The lowest BCUT2D eigenvalue weighted by Gasteiger charge is -2.07. The van der Waals surface area contributed by atoms with Crippen molar-refractivity contribution in [2.45, 2.75) is 6.42 Å². The van der Waals surface area contributed by atoms with Gasteiger partial charge in [0.25, 0.3) is 5.91 Å². The highest BCUT2D eigenvalue weighted by Gasteiger charge is 2.15. The molecule has 4 nitrogen and oxygen atoms in total. The van der Waals surface area contributed by atoms with E-state index in [1.54, 1.807) is 10.6 Å². The number of carbonyl (C=O) groups excluding carboxylic acids is 1. The number of nitrogens with one attached hydrogen (secondary N) is 1. The predicted octanol–water partition coefficient (Wildman–Crippen LogP) is 2.97. The summed E-state index contributed by atoms with van der Waals surface area (Å²) in [5.74, 6) is 0.798. The monoisotopic (exact) mass is 320 g/mol. The Hall–Kier alpha value is -1.75. The molecule has 1 aromatic carbocycles. The number of aromatic nitrogens is 1. The van der Waals surface area contributed by atoms with Gasteiger partial charge in [-0.15, -0.1) is 0 Å². The number of fused-ring (bicyclic) bond motifs is 1. The van der Waals surface area contributed by atoms with Gasteiger partial charge in [-0.3, -0.25) is 4.79 Å². The van der Waals surface area contributed by atoms with Crippen LogP contribution in [0.2, 0.25) is 0 Å². The molecule has 0 fully saturated rings. The van der Waals surface area contributed by atoms with Crippen LogP contribution in [0.15, 0.2) is 34.9 Å². The summed E-state index contributed by atoms with van der Waals surface area (Å²) in [7, 11) is 1.84. The van der Waals surface area contributed by atoms with Gasteiger partial charge in [0.15, 0.2) is 0 Å². The number of aryl methyl sites for hydroxylation is 1. The van der Waals surface area contributed by atoms with Gasteiger partial charge in [0.1, 0.15) is 11.4 Å². The van der Waals surface area contributed by atoms with Crippen molar-refractivity contribution in [3.8, 4) is 5.75 Å². The molecule has 0 unspecified atom stereocenters. The van der Waals surface area contributed by atoms with Crippen LogP contribution in [0, 0.1) is 0 Å². The van der Waals surface area contributed by atoms with E-state index in [1.165, 1.54) is 0 Å². The maximum Gasteiger partial charge on any atom is 0.272 e. The Balaban J connectivity index is 1.81. The molecule has 1 aliphatic rings. The average Bonchev–Trinajstić information content (AvgIpc) is 2.94. The highest BCUT2D eigenvalue weighted by molar-refractivity contribution is 9.10. The molecule has 98 valence electrons. The van der Waals surface area contributed by atoms with Crippen molar-refractivity contribution >= 4 is 27.5 Å². The van der Waals surface area contributed by atoms with Crippen molar-refractivity contribution in [2.75, 3.05) is 11.9 Å². The van der Waals surface area contributed by atoms with Crippen molar-refractivity contribution in [2.24, 2.45) is 7.05 Å². The van der Waals surface area contributed by atoms with Crippen molar-refractivity contribution in [1.29, 1.82) is 0 Å². The highest BCUT2D eigenvalue weighted by atomic mass is 79.9. The maximum atomic E-state index is 12.2. The van der Waals surface area contributed by atoms with Gasteiger partial charge in [0, 0.05) is 29.8 Å². The van der Waals surface area contributed by atoms with E-state index >= 15 is 0 Å². The standard InChI is InChI=1S/C14H13BrN2O2/c1-17-8-10(15)7-12(17)14(18)16-11-2-3-13-9(6-11)4-5-19-13/h2-3,6-8H,4-5H2,1H3,(H,16,18). The number of benzene rings is 1. The smallest absolute Gasteiger partial charge is 0.272 e. The van der Waals surface area contributed by atoms with E-state index in [0.29, 0.717) is 5.69 Å². The normalized spacial score (nSPS) is 12.9. The zero-order valence-corrected chi connectivity index (χ0v) is 12.0. The minimum atomic E-state index is -0.118. The SMILES string of the molecule is Cn1cc(Br)cc1C(=O)Nc1ccc2c(c1)CCO2.